The molecule has 5 nitrogen and oxygen atoms in total. The van der Waals surface area contributed by atoms with Gasteiger partial charge < -0.3 is 4.90 Å². The second-order valence-electron chi connectivity index (χ2n) is 9.06. The number of sulfonamides is 1. The van der Waals surface area contributed by atoms with E-state index >= 15 is 0 Å². The van der Waals surface area contributed by atoms with Crippen LogP contribution < -0.4 is 4.90 Å². The topological polar surface area (TPSA) is 57.7 Å². The van der Waals surface area contributed by atoms with Crippen LogP contribution in [0.4, 0.5) is 5.69 Å². The summed E-state index contributed by atoms with van der Waals surface area (Å²) in [5.41, 5.74) is 3.89. The third kappa shape index (κ3) is 4.37. The first-order valence-electron chi connectivity index (χ1n) is 11.8. The molecule has 1 atom stereocenters. The van der Waals surface area contributed by atoms with Crippen LogP contribution in [0.3, 0.4) is 0 Å². The number of nitrogens with zero attached hydrogens (tertiary/aromatic N) is 2. The van der Waals surface area contributed by atoms with Crippen LogP contribution in [-0.4, -0.2) is 18.6 Å². The molecule has 35 heavy (non-hydrogen) atoms. The van der Waals surface area contributed by atoms with Crippen molar-refractivity contribution < 1.29 is 13.2 Å². The zero-order valence-electron chi connectivity index (χ0n) is 19.5. The molecule has 1 saturated carbocycles. The fourth-order valence-corrected chi connectivity index (χ4v) is 6.54. The normalized spacial score (nSPS) is 18.9. The van der Waals surface area contributed by atoms with Crippen molar-refractivity contribution >= 4 is 33.2 Å². The molecule has 0 bridgehead atoms. The molecule has 0 aromatic heterocycles. The van der Waals surface area contributed by atoms with Crippen LogP contribution in [0.15, 0.2) is 95.0 Å². The smallest absolute Gasteiger partial charge is 0.286 e. The van der Waals surface area contributed by atoms with Gasteiger partial charge in [-0.2, -0.15) is 0 Å². The Morgan fingerprint density at radius 3 is 2.09 bits per heavy atom. The van der Waals surface area contributed by atoms with Gasteiger partial charge in [0.1, 0.15) is 5.70 Å². The molecular weight excluding hydrogens is 480 g/mol. The molecule has 0 spiro atoms. The second-order valence-corrected chi connectivity index (χ2v) is 11.3. The number of anilines is 1. The SMILES string of the molecule is Cc1ccc(S(=O)(=O)N2C(=O)C(=C3CCCCC3)N(c3ccccc3)C2c2ccc(Cl)cc2)cc1. The molecule has 1 saturated heterocycles. The van der Waals surface area contributed by atoms with Gasteiger partial charge in [0.05, 0.1) is 4.90 Å². The summed E-state index contributed by atoms with van der Waals surface area (Å²) in [7, 11) is -4.15. The van der Waals surface area contributed by atoms with Gasteiger partial charge in [-0.15, -0.1) is 0 Å². The predicted molar refractivity (Wildman–Crippen MR) is 138 cm³/mol. The minimum absolute atomic E-state index is 0.0957. The maximum atomic E-state index is 14.1. The summed E-state index contributed by atoms with van der Waals surface area (Å²) in [6, 6.07) is 23.2. The number of hydrogen-bond acceptors (Lipinski definition) is 4. The number of hydrogen-bond donors (Lipinski definition) is 0. The van der Waals surface area contributed by atoms with Crippen molar-refractivity contribution in [2.45, 2.75) is 50.1 Å². The number of rotatable bonds is 4. The number of para-hydroxylation sites is 1. The number of carbonyl (C=O) groups is 1. The Balaban J connectivity index is 1.76. The van der Waals surface area contributed by atoms with Crippen molar-refractivity contribution in [2.75, 3.05) is 4.90 Å². The van der Waals surface area contributed by atoms with Crippen molar-refractivity contribution in [1.29, 1.82) is 0 Å². The third-order valence-corrected chi connectivity index (χ3v) is 8.69. The summed E-state index contributed by atoms with van der Waals surface area (Å²) in [5.74, 6) is -0.480. The molecule has 3 aromatic carbocycles. The van der Waals surface area contributed by atoms with Gasteiger partial charge in [-0.1, -0.05) is 66.0 Å². The van der Waals surface area contributed by atoms with E-state index in [1.807, 2.05) is 42.2 Å². The van der Waals surface area contributed by atoms with Crippen LogP contribution in [0.25, 0.3) is 0 Å². The summed E-state index contributed by atoms with van der Waals surface area (Å²) in [4.78, 5) is 16.1. The first kappa shape index (κ1) is 23.6. The quantitative estimate of drug-likeness (QED) is 0.374. The van der Waals surface area contributed by atoms with Gasteiger partial charge in [0.2, 0.25) is 0 Å². The highest BCUT2D eigenvalue weighted by Crippen LogP contribution is 2.46. The number of allylic oxidation sites excluding steroid dienone is 1. The van der Waals surface area contributed by atoms with Gasteiger partial charge in [-0.05, 0) is 80.1 Å². The lowest BCUT2D eigenvalue weighted by atomic mass is 9.92. The van der Waals surface area contributed by atoms with Crippen molar-refractivity contribution in [3.05, 3.63) is 106 Å². The standard InChI is InChI=1S/C28H27ClN2O3S/c1-20-12-18-25(19-13-20)35(33,34)31-27(22-14-16-23(29)17-15-22)30(24-10-6-3-7-11-24)26(28(31)32)21-8-4-2-5-9-21/h3,6-7,10-19,27H,2,4-5,8-9H2,1H3. The van der Waals surface area contributed by atoms with Gasteiger partial charge in [-0.25, -0.2) is 12.7 Å². The number of aryl methyl sites for hydroxylation is 1. The number of benzene rings is 3. The third-order valence-electron chi connectivity index (χ3n) is 6.68. The van der Waals surface area contributed by atoms with Gasteiger partial charge >= 0.3 is 0 Å². The summed E-state index contributed by atoms with van der Waals surface area (Å²) in [6.07, 6.45) is 3.81. The van der Waals surface area contributed by atoms with Crippen molar-refractivity contribution in [3.8, 4) is 0 Å². The zero-order chi connectivity index (χ0) is 24.6. The minimum Gasteiger partial charge on any atom is -0.311 e. The van der Waals surface area contributed by atoms with Crippen LogP contribution in [0.1, 0.15) is 49.4 Å². The van der Waals surface area contributed by atoms with E-state index in [9.17, 15) is 13.2 Å². The van der Waals surface area contributed by atoms with Gasteiger partial charge in [0, 0.05) is 10.7 Å². The van der Waals surface area contributed by atoms with Crippen molar-refractivity contribution in [2.24, 2.45) is 0 Å². The van der Waals surface area contributed by atoms with E-state index < -0.39 is 22.1 Å². The minimum atomic E-state index is -4.15. The van der Waals surface area contributed by atoms with Crippen molar-refractivity contribution in [1.82, 2.24) is 4.31 Å². The molecule has 7 heteroatoms. The average molecular weight is 507 g/mol. The molecular formula is C28H27ClN2O3S. The van der Waals surface area contributed by atoms with Crippen LogP contribution in [0, 0.1) is 6.92 Å². The molecule has 2 aliphatic rings. The van der Waals surface area contributed by atoms with E-state index in [1.54, 1.807) is 48.5 Å². The molecule has 1 aliphatic heterocycles. The highest BCUT2D eigenvalue weighted by atomic mass is 35.5. The van der Waals surface area contributed by atoms with Crippen LogP contribution in [0.5, 0.6) is 0 Å². The molecule has 0 N–H and O–H groups in total. The fourth-order valence-electron chi connectivity index (χ4n) is 4.93. The maximum Gasteiger partial charge on any atom is 0.286 e. The molecule has 5 rings (SSSR count). The molecule has 1 amide bonds. The van der Waals surface area contributed by atoms with E-state index in [1.165, 1.54) is 0 Å². The van der Waals surface area contributed by atoms with Crippen LogP contribution in [0.2, 0.25) is 5.02 Å². The first-order valence-corrected chi connectivity index (χ1v) is 13.7. The average Bonchev–Trinajstić information content (AvgIpc) is 3.19. The first-order chi connectivity index (χ1) is 16.9. The van der Waals surface area contributed by atoms with Crippen LogP contribution in [-0.2, 0) is 14.8 Å². The lowest BCUT2D eigenvalue weighted by Crippen LogP contribution is -2.37. The number of amides is 1. The monoisotopic (exact) mass is 506 g/mol. The summed E-state index contributed by atoms with van der Waals surface area (Å²) >= 11 is 6.17. The Labute approximate surface area is 211 Å². The van der Waals surface area contributed by atoms with E-state index in [0.29, 0.717) is 16.3 Å². The molecule has 0 radical (unpaired) electrons. The highest BCUT2D eigenvalue weighted by Gasteiger charge is 2.50. The van der Waals surface area contributed by atoms with Gasteiger partial charge in [0.15, 0.2) is 6.17 Å². The Bertz CT molecular complexity index is 1360. The fraction of sp³-hybridized carbons (Fsp3) is 0.250. The Kier molecular flexibility index (Phi) is 6.43. The van der Waals surface area contributed by atoms with Gasteiger partial charge in [0.25, 0.3) is 15.9 Å². The van der Waals surface area contributed by atoms with E-state index in [2.05, 4.69) is 0 Å². The summed E-state index contributed by atoms with van der Waals surface area (Å²) in [6.45, 7) is 1.90. The van der Waals surface area contributed by atoms with E-state index in [-0.39, 0.29) is 4.90 Å². The largest absolute Gasteiger partial charge is 0.311 e. The molecule has 180 valence electrons. The molecule has 2 fully saturated rings. The highest BCUT2D eigenvalue weighted by molar-refractivity contribution is 7.89. The second kappa shape index (κ2) is 9.51. The maximum absolute atomic E-state index is 14.1. The van der Waals surface area contributed by atoms with Gasteiger partial charge in [-0.3, -0.25) is 4.79 Å². The lowest BCUT2D eigenvalue weighted by Gasteiger charge is -2.31. The van der Waals surface area contributed by atoms with Crippen LogP contribution >= 0.6 is 11.6 Å². The van der Waals surface area contributed by atoms with Crippen molar-refractivity contribution in [3.63, 3.8) is 0 Å². The van der Waals surface area contributed by atoms with E-state index in [4.69, 9.17) is 11.6 Å². The Hall–Kier alpha value is -3.09. The molecule has 3 aromatic rings. The number of carbonyl (C=O) groups excluding carboxylic acids is 1. The number of halogens is 1. The molecule has 1 aliphatic carbocycles. The Morgan fingerprint density at radius 1 is 0.829 bits per heavy atom. The molecule has 1 unspecified atom stereocenters. The Morgan fingerprint density at radius 2 is 1.46 bits per heavy atom. The summed E-state index contributed by atoms with van der Waals surface area (Å²) in [5, 5.41) is 0.545. The van der Waals surface area contributed by atoms with E-state index in [0.717, 1.165) is 53.2 Å². The zero-order valence-corrected chi connectivity index (χ0v) is 21.1. The lowest BCUT2D eigenvalue weighted by molar-refractivity contribution is -0.121. The summed E-state index contributed by atoms with van der Waals surface area (Å²) < 4.78 is 29.1. The predicted octanol–water partition coefficient (Wildman–Crippen LogP) is 6.60. The molecule has 1 heterocycles.